The van der Waals surface area contributed by atoms with Crippen molar-refractivity contribution in [3.63, 3.8) is 0 Å². The Kier molecular flexibility index (Phi) is 4.42. The SMILES string of the molecule is O=C(Nc1cc(Cl)c(Cl)cc1C(=O)O)c1ccc2ccccc2c1. The van der Waals surface area contributed by atoms with Gasteiger partial charge in [0, 0.05) is 5.56 Å². The molecule has 1 amide bonds. The zero-order valence-electron chi connectivity index (χ0n) is 12.2. The number of rotatable bonds is 3. The predicted octanol–water partition coefficient (Wildman–Crippen LogP) is 5.10. The van der Waals surface area contributed by atoms with Gasteiger partial charge < -0.3 is 10.4 Å². The Morgan fingerprint density at radius 1 is 0.875 bits per heavy atom. The van der Waals surface area contributed by atoms with Crippen molar-refractivity contribution in [2.24, 2.45) is 0 Å². The van der Waals surface area contributed by atoms with E-state index in [9.17, 15) is 14.7 Å². The highest BCUT2D eigenvalue weighted by atomic mass is 35.5. The van der Waals surface area contributed by atoms with Crippen molar-refractivity contribution in [2.75, 3.05) is 5.32 Å². The standard InChI is InChI=1S/C18H11Cl2NO3/c19-14-8-13(18(23)24)16(9-15(14)20)21-17(22)12-6-5-10-3-1-2-4-11(10)7-12/h1-9H,(H,21,22)(H,23,24). The number of carboxylic acid groups (broad SMARTS) is 1. The van der Waals surface area contributed by atoms with E-state index in [0.717, 1.165) is 10.8 Å². The maximum absolute atomic E-state index is 12.4. The molecule has 0 aromatic heterocycles. The maximum Gasteiger partial charge on any atom is 0.337 e. The highest BCUT2D eigenvalue weighted by Gasteiger charge is 2.16. The summed E-state index contributed by atoms with van der Waals surface area (Å²) in [5, 5.41) is 14.0. The second kappa shape index (κ2) is 6.51. The summed E-state index contributed by atoms with van der Waals surface area (Å²) >= 11 is 11.8. The number of aromatic carboxylic acids is 1. The van der Waals surface area contributed by atoms with Crippen LogP contribution in [0.3, 0.4) is 0 Å². The van der Waals surface area contributed by atoms with Crippen molar-refractivity contribution in [2.45, 2.75) is 0 Å². The molecule has 0 aliphatic heterocycles. The fraction of sp³-hybridized carbons (Fsp3) is 0. The number of hydrogen-bond donors (Lipinski definition) is 2. The minimum Gasteiger partial charge on any atom is -0.478 e. The molecule has 0 radical (unpaired) electrons. The molecule has 24 heavy (non-hydrogen) atoms. The first-order valence-corrected chi connectivity index (χ1v) is 7.74. The van der Waals surface area contributed by atoms with Crippen molar-refractivity contribution in [1.29, 1.82) is 0 Å². The number of carbonyl (C=O) groups is 2. The van der Waals surface area contributed by atoms with Gasteiger partial charge in [-0.1, -0.05) is 53.5 Å². The van der Waals surface area contributed by atoms with Crippen LogP contribution in [-0.2, 0) is 0 Å². The van der Waals surface area contributed by atoms with Crippen LogP contribution >= 0.6 is 23.2 Å². The predicted molar refractivity (Wildman–Crippen MR) is 95.3 cm³/mol. The molecule has 0 saturated carbocycles. The summed E-state index contributed by atoms with van der Waals surface area (Å²) in [5.74, 6) is -1.64. The average Bonchev–Trinajstić information content (AvgIpc) is 2.57. The van der Waals surface area contributed by atoms with E-state index >= 15 is 0 Å². The molecule has 3 aromatic carbocycles. The molecule has 3 aromatic rings. The monoisotopic (exact) mass is 359 g/mol. The van der Waals surface area contributed by atoms with Gasteiger partial charge in [0.15, 0.2) is 0 Å². The summed E-state index contributed by atoms with van der Waals surface area (Å²) in [4.78, 5) is 23.8. The third kappa shape index (κ3) is 3.20. The molecular weight excluding hydrogens is 349 g/mol. The van der Waals surface area contributed by atoms with Crippen LogP contribution in [-0.4, -0.2) is 17.0 Å². The number of anilines is 1. The molecule has 6 heteroatoms. The van der Waals surface area contributed by atoms with Crippen LogP contribution in [0, 0.1) is 0 Å². The number of fused-ring (bicyclic) bond motifs is 1. The molecule has 0 atom stereocenters. The molecule has 0 spiro atoms. The summed E-state index contributed by atoms with van der Waals surface area (Å²) in [6.45, 7) is 0. The van der Waals surface area contributed by atoms with E-state index in [1.807, 2.05) is 30.3 Å². The summed E-state index contributed by atoms with van der Waals surface area (Å²) in [6, 6.07) is 15.4. The van der Waals surface area contributed by atoms with Gasteiger partial charge in [0.1, 0.15) is 0 Å². The first-order valence-electron chi connectivity index (χ1n) is 6.98. The number of nitrogens with one attached hydrogen (secondary N) is 1. The van der Waals surface area contributed by atoms with Gasteiger partial charge in [-0.3, -0.25) is 4.79 Å². The lowest BCUT2D eigenvalue weighted by atomic mass is 10.1. The molecular formula is C18H11Cl2NO3. The fourth-order valence-electron chi connectivity index (χ4n) is 2.35. The van der Waals surface area contributed by atoms with Gasteiger partial charge in [0.05, 0.1) is 21.3 Å². The van der Waals surface area contributed by atoms with Crippen LogP contribution in [0.5, 0.6) is 0 Å². The van der Waals surface area contributed by atoms with Crippen LogP contribution in [0.2, 0.25) is 10.0 Å². The average molecular weight is 360 g/mol. The van der Waals surface area contributed by atoms with Crippen LogP contribution < -0.4 is 5.32 Å². The van der Waals surface area contributed by atoms with Crippen molar-refractivity contribution in [1.82, 2.24) is 0 Å². The van der Waals surface area contributed by atoms with E-state index in [4.69, 9.17) is 23.2 Å². The smallest absolute Gasteiger partial charge is 0.337 e. The Hall–Kier alpha value is -2.56. The Morgan fingerprint density at radius 3 is 2.25 bits per heavy atom. The van der Waals surface area contributed by atoms with E-state index in [-0.39, 0.29) is 21.3 Å². The topological polar surface area (TPSA) is 66.4 Å². The van der Waals surface area contributed by atoms with E-state index in [2.05, 4.69) is 5.32 Å². The van der Waals surface area contributed by atoms with Gasteiger partial charge in [-0.05, 0) is 35.0 Å². The zero-order chi connectivity index (χ0) is 17.3. The van der Waals surface area contributed by atoms with Crippen LogP contribution in [0.15, 0.2) is 54.6 Å². The minimum atomic E-state index is -1.21. The van der Waals surface area contributed by atoms with E-state index in [0.29, 0.717) is 5.56 Å². The second-order valence-corrected chi connectivity index (χ2v) is 5.95. The lowest BCUT2D eigenvalue weighted by Gasteiger charge is -2.10. The summed E-state index contributed by atoms with van der Waals surface area (Å²) in [5.41, 5.74) is 0.379. The highest BCUT2D eigenvalue weighted by Crippen LogP contribution is 2.29. The largest absolute Gasteiger partial charge is 0.478 e. The molecule has 4 nitrogen and oxygen atoms in total. The Labute approximate surface area is 147 Å². The number of amides is 1. The highest BCUT2D eigenvalue weighted by molar-refractivity contribution is 6.42. The Morgan fingerprint density at radius 2 is 1.54 bits per heavy atom. The Balaban J connectivity index is 1.96. The first kappa shape index (κ1) is 16.3. The molecule has 0 aliphatic rings. The number of halogens is 2. The van der Waals surface area contributed by atoms with Gasteiger partial charge in [-0.2, -0.15) is 0 Å². The van der Waals surface area contributed by atoms with E-state index in [1.165, 1.54) is 12.1 Å². The molecule has 3 rings (SSSR count). The third-order valence-electron chi connectivity index (χ3n) is 3.55. The van der Waals surface area contributed by atoms with Crippen molar-refractivity contribution < 1.29 is 14.7 Å². The van der Waals surface area contributed by atoms with E-state index < -0.39 is 11.9 Å². The lowest BCUT2D eigenvalue weighted by molar-refractivity contribution is 0.0698. The van der Waals surface area contributed by atoms with Crippen molar-refractivity contribution in [3.05, 3.63) is 75.8 Å². The molecule has 0 saturated heterocycles. The summed E-state index contributed by atoms with van der Waals surface area (Å²) in [7, 11) is 0. The molecule has 0 aliphatic carbocycles. The fourth-order valence-corrected chi connectivity index (χ4v) is 2.68. The number of hydrogen-bond acceptors (Lipinski definition) is 2. The van der Waals surface area contributed by atoms with E-state index in [1.54, 1.807) is 12.1 Å². The van der Waals surface area contributed by atoms with Crippen LogP contribution in [0.1, 0.15) is 20.7 Å². The quantitative estimate of drug-likeness (QED) is 0.683. The van der Waals surface area contributed by atoms with Crippen LogP contribution in [0.25, 0.3) is 10.8 Å². The van der Waals surface area contributed by atoms with Crippen LogP contribution in [0.4, 0.5) is 5.69 Å². The molecule has 0 bridgehead atoms. The maximum atomic E-state index is 12.4. The van der Waals surface area contributed by atoms with Crippen molar-refractivity contribution >= 4 is 51.5 Å². The van der Waals surface area contributed by atoms with Gasteiger partial charge in [0.2, 0.25) is 0 Å². The zero-order valence-corrected chi connectivity index (χ0v) is 13.7. The number of carbonyl (C=O) groups excluding carboxylic acids is 1. The summed E-state index contributed by atoms with van der Waals surface area (Å²) in [6.07, 6.45) is 0. The van der Waals surface area contributed by atoms with Gasteiger partial charge in [-0.15, -0.1) is 0 Å². The van der Waals surface area contributed by atoms with Crippen molar-refractivity contribution in [3.8, 4) is 0 Å². The summed E-state index contributed by atoms with van der Waals surface area (Å²) < 4.78 is 0. The molecule has 0 unspecified atom stereocenters. The Bertz CT molecular complexity index is 970. The number of benzene rings is 3. The van der Waals surface area contributed by atoms with Gasteiger partial charge >= 0.3 is 5.97 Å². The van der Waals surface area contributed by atoms with Gasteiger partial charge in [-0.25, -0.2) is 4.79 Å². The molecule has 0 fully saturated rings. The van der Waals surface area contributed by atoms with Gasteiger partial charge in [0.25, 0.3) is 5.91 Å². The molecule has 2 N–H and O–H groups in total. The minimum absolute atomic E-state index is 0.0926. The first-order chi connectivity index (χ1) is 11.5. The number of carboxylic acids is 1. The molecule has 0 heterocycles. The lowest BCUT2D eigenvalue weighted by Crippen LogP contribution is -2.15. The third-order valence-corrected chi connectivity index (χ3v) is 4.27. The normalized spacial score (nSPS) is 10.6. The molecule has 120 valence electrons. The second-order valence-electron chi connectivity index (χ2n) is 5.13.